The first-order valence-electron chi connectivity index (χ1n) is 14.0. The molecule has 1 atom stereocenters. The van der Waals surface area contributed by atoms with Crippen LogP contribution in [0.1, 0.15) is 93.6 Å². The van der Waals surface area contributed by atoms with Gasteiger partial charge in [0.05, 0.1) is 0 Å². The number of carbonyl (C=O) groups is 4. The number of ether oxygens (including phenoxy) is 1. The average Bonchev–Trinajstić information content (AvgIpc) is 3.15. The number of nitrogens with one attached hydrogen (secondary N) is 1. The molecule has 4 amide bonds. The number of amides is 4. The summed E-state index contributed by atoms with van der Waals surface area (Å²) in [6.45, 7) is 6.01. The molecule has 39 heavy (non-hydrogen) atoms. The zero-order chi connectivity index (χ0) is 27.9. The summed E-state index contributed by atoms with van der Waals surface area (Å²) in [6.07, 6.45) is 5.58. The molecule has 3 N–H and O–H groups in total. The molecule has 0 bridgehead atoms. The summed E-state index contributed by atoms with van der Waals surface area (Å²) in [5, 5.41) is 2.33. The van der Waals surface area contributed by atoms with Crippen molar-refractivity contribution in [1.29, 1.82) is 0 Å². The number of rotatable bonds is 3. The Balaban J connectivity index is 1.22. The van der Waals surface area contributed by atoms with E-state index in [1.807, 2.05) is 37.8 Å². The molecule has 2 saturated carbocycles. The summed E-state index contributed by atoms with van der Waals surface area (Å²) in [5.41, 5.74) is 7.80. The van der Waals surface area contributed by atoms with Crippen molar-refractivity contribution in [2.24, 2.45) is 11.7 Å². The largest absolute Gasteiger partial charge is 0.444 e. The molecular formula is C30H38N4O5. The summed E-state index contributed by atoms with van der Waals surface area (Å²) >= 11 is 0. The summed E-state index contributed by atoms with van der Waals surface area (Å²) in [5.74, 6) is 5.90. The predicted molar refractivity (Wildman–Crippen MR) is 144 cm³/mol. The Hall–Kier alpha value is -3.38. The van der Waals surface area contributed by atoms with Crippen LogP contribution in [0.3, 0.4) is 0 Å². The van der Waals surface area contributed by atoms with Crippen LogP contribution >= 0.6 is 0 Å². The van der Waals surface area contributed by atoms with E-state index in [1.54, 1.807) is 11.0 Å². The van der Waals surface area contributed by atoms with Crippen LogP contribution in [0.4, 0.5) is 4.79 Å². The van der Waals surface area contributed by atoms with Crippen LogP contribution < -0.4 is 11.1 Å². The fourth-order valence-corrected chi connectivity index (χ4v) is 6.06. The summed E-state index contributed by atoms with van der Waals surface area (Å²) in [6, 6.07) is 5.37. The number of hydrogen-bond acceptors (Lipinski definition) is 6. The highest BCUT2D eigenvalue weighted by Crippen LogP contribution is 2.37. The molecular weight excluding hydrogens is 496 g/mol. The topological polar surface area (TPSA) is 122 Å². The first-order chi connectivity index (χ1) is 18.5. The number of benzene rings is 1. The molecule has 3 fully saturated rings. The molecule has 0 aromatic heterocycles. The molecule has 5 rings (SSSR count). The average molecular weight is 535 g/mol. The van der Waals surface area contributed by atoms with E-state index in [4.69, 9.17) is 10.5 Å². The zero-order valence-corrected chi connectivity index (χ0v) is 23.0. The van der Waals surface area contributed by atoms with Crippen molar-refractivity contribution < 1.29 is 23.9 Å². The molecule has 1 aromatic carbocycles. The van der Waals surface area contributed by atoms with Crippen LogP contribution in [0.15, 0.2) is 18.2 Å². The van der Waals surface area contributed by atoms with Gasteiger partial charge in [0.2, 0.25) is 11.8 Å². The van der Waals surface area contributed by atoms with Crippen molar-refractivity contribution in [3.05, 3.63) is 34.9 Å². The van der Waals surface area contributed by atoms with Gasteiger partial charge in [-0.25, -0.2) is 4.79 Å². The highest BCUT2D eigenvalue weighted by atomic mass is 16.6. The minimum Gasteiger partial charge on any atom is -0.444 e. The van der Waals surface area contributed by atoms with Gasteiger partial charge in [0.25, 0.3) is 5.91 Å². The van der Waals surface area contributed by atoms with Gasteiger partial charge in [-0.2, -0.15) is 0 Å². The third-order valence-electron chi connectivity index (χ3n) is 8.19. The Labute approximate surface area is 229 Å². The highest BCUT2D eigenvalue weighted by molar-refractivity contribution is 6.05. The fourth-order valence-electron chi connectivity index (χ4n) is 6.06. The van der Waals surface area contributed by atoms with Gasteiger partial charge < -0.3 is 20.3 Å². The molecule has 9 heteroatoms. The maximum Gasteiger partial charge on any atom is 0.410 e. The van der Waals surface area contributed by atoms with Crippen molar-refractivity contribution in [2.75, 3.05) is 0 Å². The SMILES string of the molecule is CC(C)(C)OC(=O)N([C@H]1CC[C@@H](N)CC1)[C@H]1C[C@H](C#Cc2ccc3c(c2)CN(C2CCC(=O)NC2=O)C3=O)C1. The lowest BCUT2D eigenvalue weighted by molar-refractivity contribution is -0.136. The van der Waals surface area contributed by atoms with E-state index in [-0.39, 0.29) is 48.4 Å². The number of nitrogens with zero attached hydrogens (tertiary/aromatic N) is 2. The summed E-state index contributed by atoms with van der Waals surface area (Å²) in [4.78, 5) is 53.3. The molecule has 9 nitrogen and oxygen atoms in total. The second-order valence-corrected chi connectivity index (χ2v) is 12.3. The maximum atomic E-state index is 13.1. The lowest BCUT2D eigenvalue weighted by atomic mass is 9.78. The molecule has 2 aliphatic carbocycles. The monoisotopic (exact) mass is 534 g/mol. The number of imide groups is 1. The highest BCUT2D eigenvalue weighted by Gasteiger charge is 2.42. The lowest BCUT2D eigenvalue weighted by Gasteiger charge is -2.46. The first-order valence-corrected chi connectivity index (χ1v) is 14.0. The molecule has 2 aliphatic heterocycles. The molecule has 4 aliphatic rings. The molecule has 2 heterocycles. The van der Waals surface area contributed by atoms with Crippen molar-refractivity contribution in [3.8, 4) is 11.8 Å². The standard InChI is InChI=1S/C30H38N4O5/c1-30(2,3)39-29(38)34(22-9-7-21(31)8-10-22)23-15-19(16-23)5-4-18-6-11-24-20(14-18)17-33(28(24)37)25-12-13-26(35)32-27(25)36/h6,11,14,19,21-23,25H,7-10,12-13,15-17,31H2,1-3H3,(H,32,35,36)/t19-,21-,22+,23-,25?. The smallest absolute Gasteiger partial charge is 0.410 e. The van der Waals surface area contributed by atoms with Gasteiger partial charge >= 0.3 is 6.09 Å². The number of hydrogen-bond donors (Lipinski definition) is 2. The van der Waals surface area contributed by atoms with Crippen LogP contribution in [-0.2, 0) is 20.9 Å². The normalized spacial score (nSPS) is 28.6. The summed E-state index contributed by atoms with van der Waals surface area (Å²) in [7, 11) is 0. The van der Waals surface area contributed by atoms with E-state index >= 15 is 0 Å². The molecule has 208 valence electrons. The Morgan fingerprint density at radius 3 is 2.46 bits per heavy atom. The van der Waals surface area contributed by atoms with Gasteiger partial charge in [-0.15, -0.1) is 0 Å². The van der Waals surface area contributed by atoms with Crippen molar-refractivity contribution in [2.45, 2.75) is 108 Å². The first kappa shape index (κ1) is 27.2. The predicted octanol–water partition coefficient (Wildman–Crippen LogP) is 3.08. The van der Waals surface area contributed by atoms with E-state index in [9.17, 15) is 19.2 Å². The third-order valence-corrected chi connectivity index (χ3v) is 8.19. The molecule has 1 saturated heterocycles. The van der Waals surface area contributed by atoms with Gasteiger partial charge in [0, 0.05) is 48.1 Å². The third kappa shape index (κ3) is 5.96. The van der Waals surface area contributed by atoms with Gasteiger partial charge in [0.1, 0.15) is 11.6 Å². The minimum absolute atomic E-state index is 0.109. The zero-order valence-electron chi connectivity index (χ0n) is 23.0. The van der Waals surface area contributed by atoms with Crippen LogP contribution in [-0.4, -0.2) is 63.4 Å². The Kier molecular flexibility index (Phi) is 7.43. The summed E-state index contributed by atoms with van der Waals surface area (Å²) < 4.78 is 5.76. The van der Waals surface area contributed by atoms with Crippen LogP contribution in [0.25, 0.3) is 0 Å². The second kappa shape index (κ2) is 10.6. The second-order valence-electron chi connectivity index (χ2n) is 12.3. The van der Waals surface area contributed by atoms with Gasteiger partial charge in [0.15, 0.2) is 0 Å². The number of nitrogens with two attached hydrogens (primary N) is 1. The van der Waals surface area contributed by atoms with Crippen molar-refractivity contribution in [3.63, 3.8) is 0 Å². The fraction of sp³-hybridized carbons (Fsp3) is 0.600. The van der Waals surface area contributed by atoms with E-state index < -0.39 is 17.6 Å². The van der Waals surface area contributed by atoms with E-state index in [0.717, 1.165) is 49.7 Å². The number of piperidine rings is 1. The Morgan fingerprint density at radius 2 is 1.79 bits per heavy atom. The van der Waals surface area contributed by atoms with Gasteiger partial charge in [-0.05, 0) is 89.5 Å². The lowest BCUT2D eigenvalue weighted by Crippen LogP contribution is -2.55. The van der Waals surface area contributed by atoms with E-state index in [2.05, 4.69) is 17.2 Å². The van der Waals surface area contributed by atoms with Crippen LogP contribution in [0, 0.1) is 17.8 Å². The quantitative estimate of drug-likeness (QED) is 0.454. The van der Waals surface area contributed by atoms with Crippen LogP contribution in [0.5, 0.6) is 0 Å². The van der Waals surface area contributed by atoms with E-state index in [0.29, 0.717) is 18.5 Å². The molecule has 0 radical (unpaired) electrons. The van der Waals surface area contributed by atoms with Crippen molar-refractivity contribution >= 4 is 23.8 Å². The van der Waals surface area contributed by atoms with Crippen LogP contribution in [0.2, 0.25) is 0 Å². The van der Waals surface area contributed by atoms with E-state index in [1.165, 1.54) is 0 Å². The molecule has 1 aromatic rings. The Morgan fingerprint density at radius 1 is 1.08 bits per heavy atom. The maximum absolute atomic E-state index is 13.1. The minimum atomic E-state index is -0.628. The Bertz CT molecular complexity index is 1230. The number of fused-ring (bicyclic) bond motifs is 1. The molecule has 0 spiro atoms. The number of carbonyl (C=O) groups excluding carboxylic acids is 4. The van der Waals surface area contributed by atoms with Crippen molar-refractivity contribution in [1.82, 2.24) is 15.1 Å². The van der Waals surface area contributed by atoms with Gasteiger partial charge in [-0.1, -0.05) is 11.8 Å². The molecule has 1 unspecified atom stereocenters. The van der Waals surface area contributed by atoms with Gasteiger partial charge in [-0.3, -0.25) is 19.7 Å².